The Labute approximate surface area is 230 Å². The van der Waals surface area contributed by atoms with E-state index < -0.39 is 46.0 Å². The van der Waals surface area contributed by atoms with E-state index in [4.69, 9.17) is 4.42 Å². The van der Waals surface area contributed by atoms with Gasteiger partial charge >= 0.3 is 27.3 Å². The van der Waals surface area contributed by atoms with Gasteiger partial charge in [-0.15, -0.1) is 0 Å². The van der Waals surface area contributed by atoms with Crippen LogP contribution in [0.5, 0.6) is 5.75 Å². The van der Waals surface area contributed by atoms with Crippen molar-refractivity contribution in [3.63, 3.8) is 0 Å². The number of carbonyl (C=O) groups is 1. The molecule has 0 saturated heterocycles. The Hall–Kier alpha value is -3.86. The van der Waals surface area contributed by atoms with E-state index in [1.54, 1.807) is 6.07 Å². The topological polar surface area (TPSA) is 82.8 Å². The number of hydrogen-bond acceptors (Lipinski definition) is 6. The second-order valence-corrected chi connectivity index (χ2v) is 10.2. The van der Waals surface area contributed by atoms with Gasteiger partial charge in [-0.25, -0.2) is 4.79 Å². The Morgan fingerprint density at radius 3 is 2.33 bits per heavy atom. The molecule has 0 aliphatic carbocycles. The summed E-state index contributed by atoms with van der Waals surface area (Å²) in [6, 6.07) is 17.1. The Bertz CT molecular complexity index is 1400. The van der Waals surface area contributed by atoms with Gasteiger partial charge in [0.2, 0.25) is 5.76 Å². The van der Waals surface area contributed by atoms with Crippen molar-refractivity contribution >= 4 is 16.1 Å². The molecule has 214 valence electrons. The normalized spacial score (nSPS) is 13.5. The van der Waals surface area contributed by atoms with E-state index in [1.807, 2.05) is 61.6 Å². The van der Waals surface area contributed by atoms with Crippen LogP contribution in [0.1, 0.15) is 53.8 Å². The zero-order chi connectivity index (χ0) is 29.2. The fraction of sp³-hybridized carbons (Fsp3) is 0.276. The number of esters is 1. The number of halogens is 4. The highest BCUT2D eigenvalue weighted by Gasteiger charge is 2.67. The van der Waals surface area contributed by atoms with E-state index in [1.165, 1.54) is 24.3 Å². The number of rotatable bonds is 14. The SMILES string of the molecule is CCC=CC=CCC(c1ccccc1)c1cccc(OS(=O)(=O)C(F)(F)C(F)(F)CCOC(=O)c2ccco2)c1. The average Bonchev–Trinajstić information content (AvgIpc) is 3.46. The maximum Gasteiger partial charge on any atom is 0.442 e. The molecule has 1 unspecified atom stereocenters. The van der Waals surface area contributed by atoms with Gasteiger partial charge in [0.25, 0.3) is 0 Å². The Morgan fingerprint density at radius 1 is 0.950 bits per heavy atom. The molecule has 0 aliphatic rings. The monoisotopic (exact) mass is 580 g/mol. The van der Waals surface area contributed by atoms with Crippen LogP contribution in [0.15, 0.2) is 102 Å². The third kappa shape index (κ3) is 7.62. The Balaban J connectivity index is 1.77. The van der Waals surface area contributed by atoms with Crippen molar-refractivity contribution < 1.29 is 44.1 Å². The molecule has 0 fully saturated rings. The number of hydrogen-bond donors (Lipinski definition) is 0. The predicted molar refractivity (Wildman–Crippen MR) is 141 cm³/mol. The van der Waals surface area contributed by atoms with E-state index in [2.05, 4.69) is 8.92 Å². The first kappa shape index (κ1) is 30.7. The van der Waals surface area contributed by atoms with Gasteiger partial charge < -0.3 is 13.3 Å². The molecule has 0 N–H and O–H groups in total. The zero-order valence-electron chi connectivity index (χ0n) is 21.5. The van der Waals surface area contributed by atoms with Crippen LogP contribution in [0.25, 0.3) is 0 Å². The maximum absolute atomic E-state index is 14.6. The molecule has 40 heavy (non-hydrogen) atoms. The zero-order valence-corrected chi connectivity index (χ0v) is 22.3. The number of allylic oxidation sites excluding steroid dienone is 4. The number of alkyl halides is 4. The quantitative estimate of drug-likeness (QED) is 0.0850. The van der Waals surface area contributed by atoms with Crippen molar-refractivity contribution in [2.75, 3.05) is 6.61 Å². The first-order valence-corrected chi connectivity index (χ1v) is 13.8. The minimum Gasteiger partial charge on any atom is -0.460 e. The fourth-order valence-corrected chi connectivity index (χ4v) is 4.62. The van der Waals surface area contributed by atoms with Gasteiger partial charge in [0.05, 0.1) is 19.3 Å². The van der Waals surface area contributed by atoms with Crippen LogP contribution >= 0.6 is 0 Å². The smallest absolute Gasteiger partial charge is 0.442 e. The maximum atomic E-state index is 14.6. The molecule has 6 nitrogen and oxygen atoms in total. The molecule has 3 rings (SSSR count). The molecule has 1 aromatic heterocycles. The third-order valence-electron chi connectivity index (χ3n) is 5.77. The molecule has 2 aromatic carbocycles. The molecule has 3 aromatic rings. The highest BCUT2D eigenvalue weighted by molar-refractivity contribution is 7.88. The molecule has 0 saturated carbocycles. The minimum absolute atomic E-state index is 0.301. The summed E-state index contributed by atoms with van der Waals surface area (Å²) in [6.45, 7) is 0.806. The van der Waals surface area contributed by atoms with Crippen molar-refractivity contribution in [2.45, 2.75) is 43.3 Å². The minimum atomic E-state index is -6.16. The van der Waals surface area contributed by atoms with Crippen LogP contribution in [0.4, 0.5) is 17.6 Å². The van der Waals surface area contributed by atoms with E-state index >= 15 is 0 Å². The molecule has 0 bridgehead atoms. The second kappa shape index (κ2) is 13.5. The van der Waals surface area contributed by atoms with Crippen molar-refractivity contribution in [3.8, 4) is 5.75 Å². The first-order chi connectivity index (χ1) is 19.0. The van der Waals surface area contributed by atoms with E-state index in [0.29, 0.717) is 12.0 Å². The van der Waals surface area contributed by atoms with Crippen LogP contribution in [0.2, 0.25) is 0 Å². The molecule has 0 amide bonds. The van der Waals surface area contributed by atoms with Gasteiger partial charge in [-0.2, -0.15) is 26.0 Å². The largest absolute Gasteiger partial charge is 0.460 e. The predicted octanol–water partition coefficient (Wildman–Crippen LogP) is 7.51. The van der Waals surface area contributed by atoms with Gasteiger partial charge in [-0.3, -0.25) is 0 Å². The highest BCUT2D eigenvalue weighted by Crippen LogP contribution is 2.42. The lowest BCUT2D eigenvalue weighted by atomic mass is 9.88. The van der Waals surface area contributed by atoms with E-state index in [0.717, 1.165) is 24.3 Å². The number of carbonyl (C=O) groups excluding carboxylic acids is 1. The fourth-order valence-electron chi connectivity index (χ4n) is 3.69. The van der Waals surface area contributed by atoms with Crippen LogP contribution in [-0.4, -0.2) is 32.2 Å². The summed E-state index contributed by atoms with van der Waals surface area (Å²) in [5, 5.41) is -5.62. The number of furan rings is 1. The molecule has 1 heterocycles. The standard InChI is InChI=1S/C29H28F4O6S/c1-2-3-4-5-9-16-25(22-12-7-6-8-13-22)23-14-10-15-24(21-23)39-40(35,36)29(32,33)28(30,31)18-20-38-27(34)26-17-11-19-37-26/h3-15,17,19,21,25H,2,16,18,20H2,1H3. The van der Waals surface area contributed by atoms with Gasteiger partial charge in [-0.05, 0) is 48.2 Å². The highest BCUT2D eigenvalue weighted by atomic mass is 32.2. The second-order valence-electron chi connectivity index (χ2n) is 8.66. The molecular formula is C29H28F4O6S. The van der Waals surface area contributed by atoms with Crippen molar-refractivity contribution in [1.82, 2.24) is 0 Å². The summed E-state index contributed by atoms with van der Waals surface area (Å²) >= 11 is 0. The summed E-state index contributed by atoms with van der Waals surface area (Å²) in [7, 11) is -6.16. The molecular weight excluding hydrogens is 552 g/mol. The number of benzene rings is 2. The first-order valence-electron chi connectivity index (χ1n) is 12.4. The van der Waals surface area contributed by atoms with Gasteiger partial charge in [0.1, 0.15) is 5.75 Å². The van der Waals surface area contributed by atoms with Crippen LogP contribution in [0.3, 0.4) is 0 Å². The summed E-state index contributed by atoms with van der Waals surface area (Å²) in [5.74, 6) is -7.45. The van der Waals surface area contributed by atoms with Crippen LogP contribution in [-0.2, 0) is 14.9 Å². The molecule has 1 atom stereocenters. The average molecular weight is 581 g/mol. The Morgan fingerprint density at radius 2 is 1.65 bits per heavy atom. The molecule has 0 radical (unpaired) electrons. The van der Waals surface area contributed by atoms with Crippen molar-refractivity contribution in [2.24, 2.45) is 0 Å². The van der Waals surface area contributed by atoms with Gasteiger partial charge in [0.15, 0.2) is 0 Å². The van der Waals surface area contributed by atoms with Crippen LogP contribution in [0, 0.1) is 0 Å². The Kier molecular flexibility index (Phi) is 10.3. The summed E-state index contributed by atoms with van der Waals surface area (Å²) in [4.78, 5) is 11.7. The molecule has 11 heteroatoms. The summed E-state index contributed by atoms with van der Waals surface area (Å²) in [5.41, 5.74) is 1.40. The lowest BCUT2D eigenvalue weighted by Crippen LogP contribution is -2.49. The van der Waals surface area contributed by atoms with Crippen molar-refractivity contribution in [1.29, 1.82) is 0 Å². The summed E-state index contributed by atoms with van der Waals surface area (Å²) in [6.07, 6.45) is 8.31. The lowest BCUT2D eigenvalue weighted by Gasteiger charge is -2.25. The van der Waals surface area contributed by atoms with E-state index in [9.17, 15) is 30.8 Å². The van der Waals surface area contributed by atoms with E-state index in [-0.39, 0.29) is 11.7 Å². The molecule has 0 spiro atoms. The van der Waals surface area contributed by atoms with Gasteiger partial charge in [0, 0.05) is 5.92 Å². The third-order valence-corrected chi connectivity index (χ3v) is 7.11. The van der Waals surface area contributed by atoms with Gasteiger partial charge in [-0.1, -0.05) is 73.7 Å². The van der Waals surface area contributed by atoms with Crippen LogP contribution < -0.4 is 4.18 Å². The van der Waals surface area contributed by atoms with Crippen molar-refractivity contribution in [3.05, 3.63) is 114 Å². The lowest BCUT2D eigenvalue weighted by molar-refractivity contribution is -0.168. The molecule has 0 aliphatic heterocycles. The summed E-state index contributed by atoms with van der Waals surface area (Å²) < 4.78 is 96.6. The number of ether oxygens (including phenoxy) is 1.